The standard InChI is InChI=1S/C18H28O4/c1-11-8-12(9-14-16(11)21-14)4-2-3-6-18-7-5-13(17(19)20)10-15(18)22-18/h11-16H,2-10H2,1H3,(H,19,20). The van der Waals surface area contributed by atoms with Crippen molar-refractivity contribution < 1.29 is 19.4 Å². The molecule has 2 aliphatic carbocycles. The summed E-state index contributed by atoms with van der Waals surface area (Å²) in [7, 11) is 0. The minimum Gasteiger partial charge on any atom is -0.481 e. The number of fused-ring (bicyclic) bond motifs is 2. The largest absolute Gasteiger partial charge is 0.481 e. The Labute approximate surface area is 132 Å². The number of hydrogen-bond donors (Lipinski definition) is 1. The lowest BCUT2D eigenvalue weighted by Crippen LogP contribution is -2.28. The first-order chi connectivity index (χ1) is 10.6. The van der Waals surface area contributed by atoms with E-state index in [9.17, 15) is 4.79 Å². The molecular weight excluding hydrogens is 280 g/mol. The van der Waals surface area contributed by atoms with Gasteiger partial charge in [0, 0.05) is 0 Å². The molecule has 124 valence electrons. The van der Waals surface area contributed by atoms with Crippen LogP contribution in [0.3, 0.4) is 0 Å². The maximum atomic E-state index is 11.0. The highest BCUT2D eigenvalue weighted by Gasteiger charge is 2.59. The summed E-state index contributed by atoms with van der Waals surface area (Å²) in [6, 6.07) is 0. The van der Waals surface area contributed by atoms with Crippen molar-refractivity contribution >= 4 is 5.97 Å². The van der Waals surface area contributed by atoms with Crippen LogP contribution in [0.25, 0.3) is 0 Å². The summed E-state index contributed by atoms with van der Waals surface area (Å²) < 4.78 is 11.6. The fourth-order valence-electron chi connectivity index (χ4n) is 5.12. The van der Waals surface area contributed by atoms with Crippen molar-refractivity contribution in [1.29, 1.82) is 0 Å². The highest BCUT2D eigenvalue weighted by atomic mass is 16.6. The fourth-order valence-corrected chi connectivity index (χ4v) is 5.12. The van der Waals surface area contributed by atoms with E-state index >= 15 is 0 Å². The molecule has 4 heteroatoms. The van der Waals surface area contributed by atoms with Gasteiger partial charge in [-0.2, -0.15) is 0 Å². The lowest BCUT2D eigenvalue weighted by Gasteiger charge is -2.24. The number of carboxylic acid groups (broad SMARTS) is 1. The minimum atomic E-state index is -0.642. The number of rotatable bonds is 6. The lowest BCUT2D eigenvalue weighted by atomic mass is 9.78. The summed E-state index contributed by atoms with van der Waals surface area (Å²) in [4.78, 5) is 11.0. The second-order valence-corrected chi connectivity index (χ2v) is 8.18. The summed E-state index contributed by atoms with van der Waals surface area (Å²) >= 11 is 0. The Morgan fingerprint density at radius 3 is 2.86 bits per heavy atom. The van der Waals surface area contributed by atoms with E-state index in [0.717, 1.165) is 37.5 Å². The topological polar surface area (TPSA) is 62.4 Å². The summed E-state index contributed by atoms with van der Waals surface area (Å²) in [5, 5.41) is 9.10. The third kappa shape index (κ3) is 2.80. The van der Waals surface area contributed by atoms with Crippen LogP contribution in [-0.4, -0.2) is 35.0 Å². The van der Waals surface area contributed by atoms with E-state index in [2.05, 4.69) is 6.92 Å². The number of carboxylic acids is 1. The number of hydrogen-bond acceptors (Lipinski definition) is 3. The third-order valence-electron chi connectivity index (χ3n) is 6.59. The number of epoxide rings is 2. The van der Waals surface area contributed by atoms with E-state index in [4.69, 9.17) is 14.6 Å². The molecule has 0 amide bonds. The second-order valence-electron chi connectivity index (χ2n) is 8.18. The van der Waals surface area contributed by atoms with Crippen molar-refractivity contribution in [3.63, 3.8) is 0 Å². The molecule has 7 atom stereocenters. The van der Waals surface area contributed by atoms with Gasteiger partial charge in [-0.1, -0.05) is 26.2 Å². The van der Waals surface area contributed by atoms with Gasteiger partial charge in [0.2, 0.25) is 0 Å². The molecule has 0 radical (unpaired) electrons. The Bertz CT molecular complexity index is 450. The van der Waals surface area contributed by atoms with E-state index in [1.165, 1.54) is 32.1 Å². The van der Waals surface area contributed by atoms with Crippen LogP contribution in [0, 0.1) is 17.8 Å². The van der Waals surface area contributed by atoms with Crippen molar-refractivity contribution in [3.8, 4) is 0 Å². The molecular formula is C18H28O4. The first kappa shape index (κ1) is 14.9. The zero-order valence-electron chi connectivity index (χ0n) is 13.5. The van der Waals surface area contributed by atoms with Gasteiger partial charge in [-0.15, -0.1) is 0 Å². The second kappa shape index (κ2) is 5.48. The molecule has 1 N–H and O–H groups in total. The monoisotopic (exact) mass is 308 g/mol. The Hall–Kier alpha value is -0.610. The van der Waals surface area contributed by atoms with Crippen molar-refractivity contribution in [1.82, 2.24) is 0 Å². The average Bonchev–Trinajstić information content (AvgIpc) is 3.36. The molecule has 7 unspecified atom stereocenters. The molecule has 0 aromatic carbocycles. The van der Waals surface area contributed by atoms with Gasteiger partial charge in [-0.3, -0.25) is 4.79 Å². The molecule has 4 aliphatic rings. The molecule has 2 heterocycles. The van der Waals surface area contributed by atoms with Gasteiger partial charge in [0.25, 0.3) is 0 Å². The van der Waals surface area contributed by atoms with E-state index in [1.807, 2.05) is 0 Å². The highest BCUT2D eigenvalue weighted by Crippen LogP contribution is 2.53. The first-order valence-corrected chi connectivity index (χ1v) is 9.13. The van der Waals surface area contributed by atoms with Gasteiger partial charge in [0.05, 0.1) is 29.8 Å². The quantitative estimate of drug-likeness (QED) is 0.603. The Morgan fingerprint density at radius 2 is 2.14 bits per heavy atom. The third-order valence-corrected chi connectivity index (χ3v) is 6.59. The van der Waals surface area contributed by atoms with Crippen LogP contribution < -0.4 is 0 Å². The molecule has 2 saturated heterocycles. The van der Waals surface area contributed by atoms with Crippen LogP contribution in [0.5, 0.6) is 0 Å². The zero-order chi connectivity index (χ0) is 15.3. The maximum absolute atomic E-state index is 11.0. The van der Waals surface area contributed by atoms with E-state index in [-0.39, 0.29) is 17.6 Å². The molecule has 4 fully saturated rings. The van der Waals surface area contributed by atoms with Gasteiger partial charge in [0.15, 0.2) is 0 Å². The molecule has 22 heavy (non-hydrogen) atoms. The number of carbonyl (C=O) groups is 1. The van der Waals surface area contributed by atoms with E-state index in [0.29, 0.717) is 12.2 Å². The van der Waals surface area contributed by atoms with Gasteiger partial charge in [-0.25, -0.2) is 0 Å². The van der Waals surface area contributed by atoms with E-state index < -0.39 is 5.97 Å². The van der Waals surface area contributed by atoms with Gasteiger partial charge < -0.3 is 14.6 Å². The Balaban J connectivity index is 1.15. The van der Waals surface area contributed by atoms with Crippen LogP contribution in [0.2, 0.25) is 0 Å². The van der Waals surface area contributed by atoms with Crippen molar-refractivity contribution in [3.05, 3.63) is 0 Å². The Kier molecular flexibility index (Phi) is 3.73. The summed E-state index contributed by atoms with van der Waals surface area (Å²) in [5.74, 6) is 0.798. The van der Waals surface area contributed by atoms with Crippen LogP contribution in [0.4, 0.5) is 0 Å². The number of unbranched alkanes of at least 4 members (excludes halogenated alkanes) is 1. The Morgan fingerprint density at radius 1 is 1.27 bits per heavy atom. The van der Waals surface area contributed by atoms with Crippen LogP contribution in [0.1, 0.15) is 64.7 Å². The number of aliphatic carboxylic acids is 1. The first-order valence-electron chi connectivity index (χ1n) is 9.13. The molecule has 0 spiro atoms. The predicted octanol–water partition coefficient (Wildman–Crippen LogP) is 3.38. The van der Waals surface area contributed by atoms with Crippen LogP contribution >= 0.6 is 0 Å². The summed E-state index contributed by atoms with van der Waals surface area (Å²) in [6.07, 6.45) is 11.5. The average molecular weight is 308 g/mol. The predicted molar refractivity (Wildman–Crippen MR) is 81.6 cm³/mol. The highest BCUT2D eigenvalue weighted by molar-refractivity contribution is 5.70. The van der Waals surface area contributed by atoms with Crippen molar-refractivity contribution in [2.75, 3.05) is 0 Å². The molecule has 4 rings (SSSR count). The summed E-state index contributed by atoms with van der Waals surface area (Å²) in [6.45, 7) is 2.33. The van der Waals surface area contributed by atoms with Crippen LogP contribution in [-0.2, 0) is 14.3 Å². The summed E-state index contributed by atoms with van der Waals surface area (Å²) in [5.41, 5.74) is 0.0660. The van der Waals surface area contributed by atoms with Crippen molar-refractivity contribution in [2.24, 2.45) is 17.8 Å². The zero-order valence-corrected chi connectivity index (χ0v) is 13.5. The molecule has 0 aromatic rings. The van der Waals surface area contributed by atoms with Crippen molar-refractivity contribution in [2.45, 2.75) is 88.6 Å². The van der Waals surface area contributed by atoms with Crippen LogP contribution in [0.15, 0.2) is 0 Å². The van der Waals surface area contributed by atoms with Gasteiger partial charge >= 0.3 is 5.97 Å². The SMILES string of the molecule is CC1CC(CCCCC23CCC(C(=O)O)CC2O3)CC2OC12. The number of ether oxygens (including phenoxy) is 2. The smallest absolute Gasteiger partial charge is 0.306 e. The van der Waals surface area contributed by atoms with E-state index in [1.54, 1.807) is 0 Å². The molecule has 2 saturated carbocycles. The lowest BCUT2D eigenvalue weighted by molar-refractivity contribution is -0.142. The maximum Gasteiger partial charge on any atom is 0.306 e. The van der Waals surface area contributed by atoms with Gasteiger partial charge in [0.1, 0.15) is 0 Å². The minimum absolute atomic E-state index is 0.0660. The molecule has 0 bridgehead atoms. The molecule has 2 aliphatic heterocycles. The van der Waals surface area contributed by atoms with Gasteiger partial charge in [-0.05, 0) is 50.4 Å². The molecule has 0 aromatic heterocycles. The normalized spacial score (nSPS) is 49.1. The molecule has 4 nitrogen and oxygen atoms in total. The fraction of sp³-hybridized carbons (Fsp3) is 0.944.